The van der Waals surface area contributed by atoms with Gasteiger partial charge in [0.05, 0.1) is 25.2 Å². The number of nitro benzene ring substituents is 1. The van der Waals surface area contributed by atoms with Crippen LogP contribution in [-0.2, 0) is 22.5 Å². The molecular formula is C29H31N3O6. The molecule has 198 valence electrons. The number of nitro groups is 1. The summed E-state index contributed by atoms with van der Waals surface area (Å²) < 4.78 is 10.7. The predicted molar refractivity (Wildman–Crippen MR) is 142 cm³/mol. The third kappa shape index (κ3) is 6.36. The Morgan fingerprint density at radius 2 is 1.71 bits per heavy atom. The highest BCUT2D eigenvalue weighted by atomic mass is 16.6. The normalized spacial score (nSPS) is 14.0. The van der Waals surface area contributed by atoms with Crippen LogP contribution < -0.4 is 4.74 Å². The van der Waals surface area contributed by atoms with Crippen LogP contribution in [0.2, 0.25) is 0 Å². The molecule has 0 saturated carbocycles. The lowest BCUT2D eigenvalue weighted by Gasteiger charge is -2.36. The van der Waals surface area contributed by atoms with Crippen molar-refractivity contribution in [3.05, 3.63) is 105 Å². The summed E-state index contributed by atoms with van der Waals surface area (Å²) in [6.45, 7) is 3.50. The summed E-state index contributed by atoms with van der Waals surface area (Å²) in [4.78, 5) is 42.4. The summed E-state index contributed by atoms with van der Waals surface area (Å²) in [6.07, 6.45) is 0.298. The number of ether oxygens (including phenoxy) is 2. The molecule has 1 saturated heterocycles. The van der Waals surface area contributed by atoms with Gasteiger partial charge in [0.15, 0.2) is 0 Å². The minimum atomic E-state index is -0.828. The number of carbonyl (C=O) groups is 2. The molecule has 1 unspecified atom stereocenters. The smallest absolute Gasteiger partial charge is 0.273 e. The minimum Gasteiger partial charge on any atom is -0.497 e. The van der Waals surface area contributed by atoms with Crippen LogP contribution in [-0.4, -0.2) is 66.0 Å². The quantitative estimate of drug-likeness (QED) is 0.314. The zero-order valence-corrected chi connectivity index (χ0v) is 21.5. The third-order valence-corrected chi connectivity index (χ3v) is 6.68. The lowest BCUT2D eigenvalue weighted by molar-refractivity contribution is -0.385. The van der Waals surface area contributed by atoms with Crippen molar-refractivity contribution in [2.75, 3.05) is 33.4 Å². The molecule has 0 radical (unpaired) electrons. The first-order valence-corrected chi connectivity index (χ1v) is 12.5. The average Bonchev–Trinajstić information content (AvgIpc) is 2.95. The lowest BCUT2D eigenvalue weighted by atomic mass is 10.00. The fraction of sp³-hybridized carbons (Fsp3) is 0.310. The predicted octanol–water partition coefficient (Wildman–Crippen LogP) is 4.02. The van der Waals surface area contributed by atoms with Crippen LogP contribution in [0.25, 0.3) is 0 Å². The second-order valence-corrected chi connectivity index (χ2v) is 9.18. The number of hydrogen-bond acceptors (Lipinski definition) is 6. The van der Waals surface area contributed by atoms with Gasteiger partial charge < -0.3 is 19.3 Å². The first-order chi connectivity index (χ1) is 18.4. The van der Waals surface area contributed by atoms with Crippen LogP contribution in [0.4, 0.5) is 5.69 Å². The van der Waals surface area contributed by atoms with Gasteiger partial charge in [0.25, 0.3) is 11.6 Å². The number of hydrogen-bond donors (Lipinski definition) is 0. The van der Waals surface area contributed by atoms with E-state index >= 15 is 0 Å². The van der Waals surface area contributed by atoms with E-state index in [2.05, 4.69) is 0 Å². The number of amides is 2. The maximum atomic E-state index is 14.1. The Morgan fingerprint density at radius 1 is 1.03 bits per heavy atom. The van der Waals surface area contributed by atoms with E-state index in [1.54, 1.807) is 43.2 Å². The van der Waals surface area contributed by atoms with E-state index in [0.29, 0.717) is 44.0 Å². The van der Waals surface area contributed by atoms with E-state index in [4.69, 9.17) is 9.47 Å². The number of aryl methyl sites for hydroxylation is 1. The van der Waals surface area contributed by atoms with Crippen molar-refractivity contribution in [1.29, 1.82) is 0 Å². The molecule has 1 aliphatic heterocycles. The molecule has 9 heteroatoms. The average molecular weight is 518 g/mol. The highest BCUT2D eigenvalue weighted by Crippen LogP contribution is 2.24. The summed E-state index contributed by atoms with van der Waals surface area (Å²) in [7, 11) is 1.58. The van der Waals surface area contributed by atoms with Crippen molar-refractivity contribution in [2.24, 2.45) is 0 Å². The largest absolute Gasteiger partial charge is 0.497 e. The molecule has 0 N–H and O–H groups in total. The maximum Gasteiger partial charge on any atom is 0.273 e. The zero-order valence-electron chi connectivity index (χ0n) is 21.5. The molecule has 0 aliphatic carbocycles. The van der Waals surface area contributed by atoms with Gasteiger partial charge in [0.2, 0.25) is 5.91 Å². The molecule has 1 heterocycles. The Kier molecular flexibility index (Phi) is 8.70. The van der Waals surface area contributed by atoms with E-state index in [1.165, 1.54) is 11.0 Å². The molecule has 3 aromatic rings. The van der Waals surface area contributed by atoms with Gasteiger partial charge in [-0.2, -0.15) is 0 Å². The van der Waals surface area contributed by atoms with Crippen LogP contribution in [0, 0.1) is 17.0 Å². The Balaban J connectivity index is 1.77. The van der Waals surface area contributed by atoms with Crippen molar-refractivity contribution in [3.8, 4) is 5.75 Å². The van der Waals surface area contributed by atoms with E-state index in [1.807, 2.05) is 42.5 Å². The molecule has 3 aromatic carbocycles. The van der Waals surface area contributed by atoms with Gasteiger partial charge in [-0.05, 0) is 36.2 Å². The molecule has 1 aliphatic rings. The van der Waals surface area contributed by atoms with Crippen molar-refractivity contribution in [3.63, 3.8) is 0 Å². The van der Waals surface area contributed by atoms with Gasteiger partial charge in [0.1, 0.15) is 11.8 Å². The molecule has 1 atom stereocenters. The van der Waals surface area contributed by atoms with Crippen LogP contribution >= 0.6 is 0 Å². The molecule has 1 fully saturated rings. The van der Waals surface area contributed by atoms with Crippen LogP contribution in [0.1, 0.15) is 27.0 Å². The first-order valence-electron chi connectivity index (χ1n) is 12.5. The zero-order chi connectivity index (χ0) is 27.1. The molecule has 38 heavy (non-hydrogen) atoms. The Bertz CT molecular complexity index is 1270. The standard InChI is InChI=1S/C29H31N3O6/c1-21-8-11-24(19-26(21)32(35)36)28(33)31(20-23-9-12-25(37-2)13-10-23)27(18-22-6-4-3-5-7-22)29(34)30-14-16-38-17-15-30/h3-13,19,27H,14-18,20H2,1-2H3. The molecule has 0 spiro atoms. The highest BCUT2D eigenvalue weighted by Gasteiger charge is 2.35. The number of nitrogens with zero attached hydrogens (tertiary/aromatic N) is 3. The Labute approximate surface area is 221 Å². The van der Waals surface area contributed by atoms with Gasteiger partial charge >= 0.3 is 0 Å². The molecule has 0 bridgehead atoms. The van der Waals surface area contributed by atoms with Crippen LogP contribution in [0.5, 0.6) is 5.75 Å². The van der Waals surface area contributed by atoms with Gasteiger partial charge in [-0.25, -0.2) is 0 Å². The topological polar surface area (TPSA) is 102 Å². The third-order valence-electron chi connectivity index (χ3n) is 6.68. The lowest BCUT2D eigenvalue weighted by Crippen LogP contribution is -2.54. The minimum absolute atomic E-state index is 0.137. The van der Waals surface area contributed by atoms with Gasteiger partial charge in [-0.15, -0.1) is 0 Å². The second kappa shape index (κ2) is 12.3. The van der Waals surface area contributed by atoms with E-state index in [0.717, 1.165) is 11.1 Å². The van der Waals surface area contributed by atoms with Crippen molar-refractivity contribution < 1.29 is 24.0 Å². The molecule has 4 rings (SSSR count). The number of morpholine rings is 1. The fourth-order valence-corrected chi connectivity index (χ4v) is 4.52. The number of rotatable bonds is 9. The number of carbonyl (C=O) groups excluding carboxylic acids is 2. The monoisotopic (exact) mass is 517 g/mol. The molecule has 9 nitrogen and oxygen atoms in total. The number of methoxy groups -OCH3 is 1. The fourth-order valence-electron chi connectivity index (χ4n) is 4.52. The molecular weight excluding hydrogens is 486 g/mol. The molecule has 2 amide bonds. The summed E-state index contributed by atoms with van der Waals surface area (Å²) >= 11 is 0. The van der Waals surface area contributed by atoms with Gasteiger partial charge in [-0.1, -0.05) is 48.5 Å². The SMILES string of the molecule is COc1ccc(CN(C(=O)c2ccc(C)c([N+](=O)[O-])c2)C(Cc2ccccc2)C(=O)N2CCOCC2)cc1. The van der Waals surface area contributed by atoms with E-state index in [9.17, 15) is 19.7 Å². The van der Waals surface area contributed by atoms with Crippen molar-refractivity contribution in [1.82, 2.24) is 9.80 Å². The Hall–Kier alpha value is -4.24. The Morgan fingerprint density at radius 3 is 2.34 bits per heavy atom. The highest BCUT2D eigenvalue weighted by molar-refractivity contribution is 5.98. The maximum absolute atomic E-state index is 14.1. The second-order valence-electron chi connectivity index (χ2n) is 9.18. The van der Waals surface area contributed by atoms with Gasteiger partial charge in [-0.3, -0.25) is 19.7 Å². The van der Waals surface area contributed by atoms with Gasteiger partial charge in [0, 0.05) is 43.2 Å². The summed E-state index contributed by atoms with van der Waals surface area (Å²) in [5, 5.41) is 11.6. The van der Waals surface area contributed by atoms with Crippen LogP contribution in [0.15, 0.2) is 72.8 Å². The summed E-state index contributed by atoms with van der Waals surface area (Å²) in [6, 6.07) is 20.4. The van der Waals surface area contributed by atoms with E-state index in [-0.39, 0.29) is 23.7 Å². The number of benzene rings is 3. The van der Waals surface area contributed by atoms with Crippen molar-refractivity contribution >= 4 is 17.5 Å². The first kappa shape index (κ1) is 26.8. The van der Waals surface area contributed by atoms with E-state index < -0.39 is 16.9 Å². The van der Waals surface area contributed by atoms with Crippen LogP contribution in [0.3, 0.4) is 0 Å². The van der Waals surface area contributed by atoms with Crippen molar-refractivity contribution in [2.45, 2.75) is 25.9 Å². The summed E-state index contributed by atoms with van der Waals surface area (Å²) in [5.74, 6) is 0.0399. The summed E-state index contributed by atoms with van der Waals surface area (Å²) in [5.41, 5.74) is 2.18. The molecule has 0 aromatic heterocycles.